The van der Waals surface area contributed by atoms with Crippen LogP contribution in [0.3, 0.4) is 0 Å². The second kappa shape index (κ2) is 10.1. The number of nitrogens with zero attached hydrogens (tertiary/aromatic N) is 1. The van der Waals surface area contributed by atoms with Gasteiger partial charge in [-0.25, -0.2) is 9.37 Å². The Morgan fingerprint density at radius 2 is 1.85 bits per heavy atom. The lowest BCUT2D eigenvalue weighted by Gasteiger charge is -2.24. The molecule has 0 spiro atoms. The van der Waals surface area contributed by atoms with Gasteiger partial charge in [0.1, 0.15) is 10.8 Å². The summed E-state index contributed by atoms with van der Waals surface area (Å²) >= 11 is 3.00. The number of primary amides is 1. The van der Waals surface area contributed by atoms with Crippen molar-refractivity contribution in [2.24, 2.45) is 11.6 Å². The van der Waals surface area contributed by atoms with E-state index in [0.29, 0.717) is 17.7 Å². The first-order valence-electron chi connectivity index (χ1n) is 10.0. The number of hydrogen-bond acceptors (Lipinski definition) is 8. The molecule has 4 N–H and O–H groups in total. The number of thiazole rings is 1. The van der Waals surface area contributed by atoms with Gasteiger partial charge in [-0.3, -0.25) is 4.79 Å². The first-order valence-corrected chi connectivity index (χ1v) is 13.2. The fourth-order valence-electron chi connectivity index (χ4n) is 3.76. The van der Waals surface area contributed by atoms with Gasteiger partial charge < -0.3 is 5.73 Å². The van der Waals surface area contributed by atoms with Crippen LogP contribution < -0.4 is 11.6 Å². The summed E-state index contributed by atoms with van der Waals surface area (Å²) in [6.07, 6.45) is 0.307. The average molecular weight is 518 g/mol. The Morgan fingerprint density at radius 3 is 2.47 bits per heavy atom. The maximum Gasteiger partial charge on any atom is 0.312 e. The van der Waals surface area contributed by atoms with Gasteiger partial charge in [-0.1, -0.05) is 30.3 Å². The van der Waals surface area contributed by atoms with E-state index in [9.17, 15) is 17.6 Å². The molecule has 2 aromatic heterocycles. The second-order valence-electron chi connectivity index (χ2n) is 7.49. The Balaban J connectivity index is 1.75. The molecule has 176 valence electrons. The molecule has 1 unspecified atom stereocenters. The van der Waals surface area contributed by atoms with Crippen LogP contribution in [0.1, 0.15) is 28.7 Å². The summed E-state index contributed by atoms with van der Waals surface area (Å²) in [7, 11) is -4.04. The third kappa shape index (κ3) is 5.24. The van der Waals surface area contributed by atoms with Gasteiger partial charge in [-0.2, -0.15) is 18.6 Å². The normalized spacial score (nSPS) is 13.5. The summed E-state index contributed by atoms with van der Waals surface area (Å²) in [6, 6.07) is 15.6. The Labute approximate surface area is 203 Å². The average Bonchev–Trinajstić information content (AvgIpc) is 3.51. The molecule has 7 nitrogen and oxygen atoms in total. The molecule has 1 amide bonds. The molecule has 0 aliphatic rings. The molecular weight excluding hydrogens is 497 g/mol. The standard InChI is InChI=1S/C23H20FN3O4S3/c24-16-4-1-3-15(12-16)21(22(25)28)18(19-13-33-23(27-19)20-5-2-10-32-20)11-14-6-8-17(9-7-14)34(29,30)31-26/h1-10,12-13,18,21H,11,26H2,(H2,25,28)/t18-,21?/m1/s1. The number of rotatable bonds is 9. The molecule has 34 heavy (non-hydrogen) atoms. The number of amides is 1. The summed E-state index contributed by atoms with van der Waals surface area (Å²) in [5.74, 6) is 2.39. The highest BCUT2D eigenvalue weighted by molar-refractivity contribution is 7.86. The fourth-order valence-corrected chi connectivity index (χ4v) is 6.04. The SMILES string of the molecule is NOS(=O)(=O)c1ccc(C[C@H](c2csc(-c3cccs3)n2)C(C(N)=O)c2cccc(F)c2)cc1. The van der Waals surface area contributed by atoms with Gasteiger partial charge in [-0.05, 0) is 53.3 Å². The van der Waals surface area contributed by atoms with Crippen LogP contribution in [0.15, 0.2) is 76.3 Å². The van der Waals surface area contributed by atoms with Crippen LogP contribution in [0.2, 0.25) is 0 Å². The molecule has 0 aliphatic carbocycles. The molecule has 0 aliphatic heterocycles. The van der Waals surface area contributed by atoms with E-state index in [1.807, 2.05) is 22.9 Å². The van der Waals surface area contributed by atoms with Crippen LogP contribution in [0.25, 0.3) is 9.88 Å². The Hall–Kier alpha value is -2.96. The molecular formula is C23H20FN3O4S3. The first kappa shape index (κ1) is 24.2. The number of halogens is 1. The molecule has 0 bridgehead atoms. The minimum Gasteiger partial charge on any atom is -0.369 e. The first-order chi connectivity index (χ1) is 16.3. The van der Waals surface area contributed by atoms with Crippen LogP contribution in [-0.2, 0) is 25.6 Å². The Morgan fingerprint density at radius 1 is 1.09 bits per heavy atom. The molecule has 0 saturated heterocycles. The lowest BCUT2D eigenvalue weighted by molar-refractivity contribution is -0.120. The van der Waals surface area contributed by atoms with Crippen LogP contribution in [0, 0.1) is 5.82 Å². The van der Waals surface area contributed by atoms with Crippen molar-refractivity contribution < 1.29 is 21.9 Å². The number of hydrogen-bond donors (Lipinski definition) is 2. The van der Waals surface area contributed by atoms with Crippen molar-refractivity contribution >= 4 is 38.7 Å². The van der Waals surface area contributed by atoms with Crippen molar-refractivity contribution in [3.8, 4) is 9.88 Å². The van der Waals surface area contributed by atoms with Crippen molar-refractivity contribution in [2.75, 3.05) is 0 Å². The molecule has 2 heterocycles. The maximum absolute atomic E-state index is 14.0. The summed E-state index contributed by atoms with van der Waals surface area (Å²) < 4.78 is 41.7. The van der Waals surface area contributed by atoms with Crippen molar-refractivity contribution in [3.63, 3.8) is 0 Å². The minimum absolute atomic E-state index is 0.0967. The van der Waals surface area contributed by atoms with Gasteiger partial charge in [0.2, 0.25) is 5.91 Å². The van der Waals surface area contributed by atoms with Gasteiger partial charge in [0.05, 0.1) is 21.4 Å². The Bertz CT molecular complexity index is 1390. The van der Waals surface area contributed by atoms with Crippen molar-refractivity contribution in [1.82, 2.24) is 4.98 Å². The van der Waals surface area contributed by atoms with E-state index < -0.39 is 33.7 Å². The number of benzene rings is 2. The highest BCUT2D eigenvalue weighted by Crippen LogP contribution is 2.39. The predicted octanol–water partition coefficient (Wildman–Crippen LogP) is 4.19. The van der Waals surface area contributed by atoms with Crippen LogP contribution >= 0.6 is 22.7 Å². The molecule has 0 radical (unpaired) electrons. The highest BCUT2D eigenvalue weighted by Gasteiger charge is 2.32. The van der Waals surface area contributed by atoms with Gasteiger partial charge in [0.25, 0.3) is 0 Å². The van der Waals surface area contributed by atoms with E-state index in [2.05, 4.69) is 4.28 Å². The van der Waals surface area contributed by atoms with Crippen molar-refractivity contribution in [3.05, 3.63) is 94.1 Å². The van der Waals surface area contributed by atoms with Gasteiger partial charge in [0, 0.05) is 11.3 Å². The highest BCUT2D eigenvalue weighted by atomic mass is 32.2. The van der Waals surface area contributed by atoms with E-state index in [1.54, 1.807) is 29.5 Å². The zero-order chi connectivity index (χ0) is 24.3. The summed E-state index contributed by atoms with van der Waals surface area (Å²) in [5, 5.41) is 4.63. The Kier molecular flexibility index (Phi) is 7.19. The molecule has 11 heteroatoms. The summed E-state index contributed by atoms with van der Waals surface area (Å²) in [4.78, 5) is 18.3. The smallest absolute Gasteiger partial charge is 0.312 e. The van der Waals surface area contributed by atoms with Crippen LogP contribution in [0.4, 0.5) is 4.39 Å². The summed E-state index contributed by atoms with van der Waals surface area (Å²) in [5.41, 5.74) is 7.63. The molecule has 0 saturated carbocycles. The third-order valence-electron chi connectivity index (χ3n) is 5.34. The van der Waals surface area contributed by atoms with E-state index >= 15 is 0 Å². The zero-order valence-electron chi connectivity index (χ0n) is 17.6. The number of thiophene rings is 1. The molecule has 0 fully saturated rings. The van der Waals surface area contributed by atoms with Crippen LogP contribution in [-0.4, -0.2) is 19.3 Å². The van der Waals surface area contributed by atoms with Gasteiger partial charge in [0.15, 0.2) is 0 Å². The molecule has 2 aromatic carbocycles. The monoisotopic (exact) mass is 517 g/mol. The minimum atomic E-state index is -4.04. The number of carbonyl (C=O) groups is 1. The molecule has 4 rings (SSSR count). The van der Waals surface area contributed by atoms with Crippen molar-refractivity contribution in [1.29, 1.82) is 0 Å². The quantitative estimate of drug-likeness (QED) is 0.321. The number of aromatic nitrogens is 1. The zero-order valence-corrected chi connectivity index (χ0v) is 20.1. The molecule has 2 atom stereocenters. The number of carbonyl (C=O) groups excluding carboxylic acids is 1. The van der Waals surface area contributed by atoms with Crippen molar-refractivity contribution in [2.45, 2.75) is 23.2 Å². The largest absolute Gasteiger partial charge is 0.369 e. The molecule has 4 aromatic rings. The van der Waals surface area contributed by atoms with Gasteiger partial charge in [-0.15, -0.1) is 22.7 Å². The number of nitrogens with two attached hydrogens (primary N) is 2. The van der Waals surface area contributed by atoms with E-state index in [-0.39, 0.29) is 4.90 Å². The fraction of sp³-hybridized carbons (Fsp3) is 0.130. The predicted molar refractivity (Wildman–Crippen MR) is 129 cm³/mol. The maximum atomic E-state index is 14.0. The van der Waals surface area contributed by atoms with Gasteiger partial charge >= 0.3 is 10.1 Å². The van der Waals surface area contributed by atoms with E-state index in [4.69, 9.17) is 16.6 Å². The lowest BCUT2D eigenvalue weighted by atomic mass is 9.80. The second-order valence-corrected chi connectivity index (χ2v) is 10.9. The lowest BCUT2D eigenvalue weighted by Crippen LogP contribution is -2.28. The third-order valence-corrected chi connectivity index (χ3v) is 8.35. The van der Waals surface area contributed by atoms with E-state index in [1.165, 1.54) is 41.7 Å². The summed E-state index contributed by atoms with van der Waals surface area (Å²) in [6.45, 7) is 0. The van der Waals surface area contributed by atoms with Crippen LogP contribution in [0.5, 0.6) is 0 Å². The van der Waals surface area contributed by atoms with E-state index in [0.717, 1.165) is 15.4 Å². The topological polar surface area (TPSA) is 125 Å².